The fourth-order valence-corrected chi connectivity index (χ4v) is 0.628. The van der Waals surface area contributed by atoms with Crippen molar-refractivity contribution in [2.75, 3.05) is 0 Å². The Labute approximate surface area is 63.6 Å². The van der Waals surface area contributed by atoms with Gasteiger partial charge in [0, 0.05) is 12.8 Å². The van der Waals surface area contributed by atoms with Crippen LogP contribution in [0, 0.1) is 0 Å². The summed E-state index contributed by atoms with van der Waals surface area (Å²) in [5.74, 6) is -6.45. The molecule has 4 heteroatoms. The van der Waals surface area contributed by atoms with Gasteiger partial charge in [-0.15, -0.1) is 0 Å². The first-order valence-electron chi connectivity index (χ1n) is 3.58. The van der Waals surface area contributed by atoms with Crippen LogP contribution in [-0.2, 0) is 0 Å². The van der Waals surface area contributed by atoms with E-state index in [0.29, 0.717) is 0 Å². The van der Waals surface area contributed by atoms with E-state index in [2.05, 4.69) is 0 Å². The molecule has 0 aromatic heterocycles. The maximum absolute atomic E-state index is 12.4. The molecule has 0 rings (SSSR count). The number of hydrogen-bond acceptors (Lipinski definition) is 0. The highest BCUT2D eigenvalue weighted by molar-refractivity contribution is 4.74. The first-order chi connectivity index (χ1) is 4.83. The third kappa shape index (κ3) is 4.22. The number of alkyl halides is 4. The van der Waals surface area contributed by atoms with Crippen molar-refractivity contribution in [2.45, 2.75) is 45.0 Å². The minimum Gasteiger partial charge on any atom is -0.207 e. The molecule has 0 unspecified atom stereocenters. The van der Waals surface area contributed by atoms with Gasteiger partial charge >= 0.3 is 0 Å². The number of halogens is 4. The molecular weight excluding hydrogens is 160 g/mol. The second-order valence-electron chi connectivity index (χ2n) is 2.60. The van der Waals surface area contributed by atoms with Crippen molar-refractivity contribution >= 4 is 0 Å². The highest BCUT2D eigenvalue weighted by Gasteiger charge is 2.40. The van der Waals surface area contributed by atoms with Crippen LogP contribution in [0.25, 0.3) is 0 Å². The summed E-state index contributed by atoms with van der Waals surface area (Å²) in [6.45, 7) is 2.40. The molecule has 0 fully saturated rings. The smallest absolute Gasteiger partial charge is 0.207 e. The summed E-state index contributed by atoms with van der Waals surface area (Å²) >= 11 is 0. The fourth-order valence-electron chi connectivity index (χ4n) is 0.628. The molecule has 0 aromatic rings. The Morgan fingerprint density at radius 1 is 0.818 bits per heavy atom. The summed E-state index contributed by atoms with van der Waals surface area (Å²) in [6, 6.07) is 0. The van der Waals surface area contributed by atoms with E-state index >= 15 is 0 Å². The molecule has 0 saturated heterocycles. The lowest BCUT2D eigenvalue weighted by molar-refractivity contribution is -0.113. The van der Waals surface area contributed by atoms with Crippen molar-refractivity contribution in [3.8, 4) is 0 Å². The first-order valence-corrected chi connectivity index (χ1v) is 3.58. The van der Waals surface area contributed by atoms with Crippen molar-refractivity contribution in [3.63, 3.8) is 0 Å². The summed E-state index contributed by atoms with van der Waals surface area (Å²) in [5.41, 5.74) is 0. The van der Waals surface area contributed by atoms with Crippen LogP contribution in [0.2, 0.25) is 0 Å². The molecule has 0 N–H and O–H groups in total. The average molecular weight is 172 g/mol. The lowest BCUT2D eigenvalue weighted by Crippen LogP contribution is -2.27. The Bertz CT molecular complexity index is 106. The highest BCUT2D eigenvalue weighted by Crippen LogP contribution is 2.34. The lowest BCUT2D eigenvalue weighted by atomic mass is 10.1. The largest absolute Gasteiger partial charge is 0.253 e. The van der Waals surface area contributed by atoms with Crippen molar-refractivity contribution in [1.29, 1.82) is 0 Å². The van der Waals surface area contributed by atoms with Crippen LogP contribution >= 0.6 is 0 Å². The van der Waals surface area contributed by atoms with Crippen LogP contribution in [0.5, 0.6) is 0 Å². The molecule has 0 nitrogen and oxygen atoms in total. The Balaban J connectivity index is 4.02. The normalized spacial score (nSPS) is 13.6. The highest BCUT2D eigenvalue weighted by atomic mass is 19.3. The molecule has 0 atom stereocenters. The molecule has 68 valence electrons. The van der Waals surface area contributed by atoms with E-state index in [1.165, 1.54) is 13.8 Å². The lowest BCUT2D eigenvalue weighted by Gasteiger charge is -2.20. The van der Waals surface area contributed by atoms with Gasteiger partial charge in [0.1, 0.15) is 0 Å². The van der Waals surface area contributed by atoms with Gasteiger partial charge in [0.2, 0.25) is 0 Å². The quantitative estimate of drug-likeness (QED) is 0.569. The molecule has 0 aliphatic carbocycles. The fraction of sp³-hybridized carbons (Fsp3) is 1.00. The van der Waals surface area contributed by atoms with Gasteiger partial charge in [0.05, 0.1) is 6.42 Å². The molecule has 0 spiro atoms. The summed E-state index contributed by atoms with van der Waals surface area (Å²) in [5, 5.41) is 0. The SMILES string of the molecule is CCC(F)(F)CC(F)(F)CC. The zero-order chi connectivity index (χ0) is 9.12. The third-order valence-corrected chi connectivity index (χ3v) is 1.55. The zero-order valence-corrected chi connectivity index (χ0v) is 6.63. The topological polar surface area (TPSA) is 0 Å². The van der Waals surface area contributed by atoms with Crippen LogP contribution in [0.4, 0.5) is 17.6 Å². The Morgan fingerprint density at radius 3 is 1.27 bits per heavy atom. The van der Waals surface area contributed by atoms with Gasteiger partial charge in [0.25, 0.3) is 11.8 Å². The van der Waals surface area contributed by atoms with Crippen LogP contribution < -0.4 is 0 Å². The molecule has 0 aromatic carbocycles. The molecular formula is C7H12F4. The van der Waals surface area contributed by atoms with Crippen molar-refractivity contribution < 1.29 is 17.6 Å². The summed E-state index contributed by atoms with van der Waals surface area (Å²) < 4.78 is 49.4. The Hall–Kier alpha value is -0.280. The van der Waals surface area contributed by atoms with Gasteiger partial charge in [-0.25, -0.2) is 17.6 Å². The minimum atomic E-state index is -3.22. The van der Waals surface area contributed by atoms with E-state index in [1.54, 1.807) is 0 Å². The van der Waals surface area contributed by atoms with E-state index in [1.807, 2.05) is 0 Å². The number of hydrogen-bond donors (Lipinski definition) is 0. The van der Waals surface area contributed by atoms with Gasteiger partial charge in [-0.3, -0.25) is 0 Å². The van der Waals surface area contributed by atoms with Gasteiger partial charge in [-0.05, 0) is 0 Å². The van der Waals surface area contributed by atoms with Crippen LogP contribution in [0.3, 0.4) is 0 Å². The van der Waals surface area contributed by atoms with Gasteiger partial charge < -0.3 is 0 Å². The Morgan fingerprint density at radius 2 is 1.09 bits per heavy atom. The molecule has 0 radical (unpaired) electrons. The van der Waals surface area contributed by atoms with Gasteiger partial charge in [-0.1, -0.05) is 13.8 Å². The number of rotatable bonds is 4. The minimum absolute atomic E-state index is 0.525. The van der Waals surface area contributed by atoms with Crippen LogP contribution in [0.15, 0.2) is 0 Å². The molecule has 0 bridgehead atoms. The van der Waals surface area contributed by atoms with Crippen LogP contribution in [0.1, 0.15) is 33.1 Å². The van der Waals surface area contributed by atoms with Crippen molar-refractivity contribution in [1.82, 2.24) is 0 Å². The summed E-state index contributed by atoms with van der Waals surface area (Å²) in [6.07, 6.45) is -2.38. The van der Waals surface area contributed by atoms with E-state index in [9.17, 15) is 17.6 Å². The summed E-state index contributed by atoms with van der Waals surface area (Å²) in [4.78, 5) is 0. The molecule has 0 aliphatic rings. The monoisotopic (exact) mass is 172 g/mol. The van der Waals surface area contributed by atoms with E-state index in [-0.39, 0.29) is 0 Å². The second-order valence-corrected chi connectivity index (χ2v) is 2.60. The van der Waals surface area contributed by atoms with Crippen molar-refractivity contribution in [2.24, 2.45) is 0 Å². The average Bonchev–Trinajstić information content (AvgIpc) is 1.86. The predicted octanol–water partition coefficient (Wildman–Crippen LogP) is 3.47. The van der Waals surface area contributed by atoms with E-state index in [0.717, 1.165) is 0 Å². The Kier molecular flexibility index (Phi) is 3.32. The molecule has 0 heterocycles. The second kappa shape index (κ2) is 3.41. The molecule has 0 amide bonds. The summed E-state index contributed by atoms with van der Waals surface area (Å²) in [7, 11) is 0. The van der Waals surface area contributed by atoms with Gasteiger partial charge in [-0.2, -0.15) is 0 Å². The molecule has 11 heavy (non-hydrogen) atoms. The van der Waals surface area contributed by atoms with Crippen LogP contribution in [-0.4, -0.2) is 11.8 Å². The standard InChI is InChI=1S/C7H12F4/c1-3-6(8,9)5-7(10,11)4-2/h3-5H2,1-2H3. The van der Waals surface area contributed by atoms with Gasteiger partial charge in [0.15, 0.2) is 0 Å². The first kappa shape index (κ1) is 10.7. The third-order valence-electron chi connectivity index (χ3n) is 1.55. The molecule has 0 saturated carbocycles. The maximum Gasteiger partial charge on any atom is 0.253 e. The van der Waals surface area contributed by atoms with E-state index in [4.69, 9.17) is 0 Å². The maximum atomic E-state index is 12.4. The molecule has 0 aliphatic heterocycles. The van der Waals surface area contributed by atoms with E-state index < -0.39 is 31.1 Å². The van der Waals surface area contributed by atoms with Crippen molar-refractivity contribution in [3.05, 3.63) is 0 Å². The zero-order valence-electron chi connectivity index (χ0n) is 6.63. The predicted molar refractivity (Wildman–Crippen MR) is 35.1 cm³/mol.